The summed E-state index contributed by atoms with van der Waals surface area (Å²) in [4.78, 5) is 18.7. The van der Waals surface area contributed by atoms with Gasteiger partial charge in [-0.1, -0.05) is 28.4 Å². The predicted octanol–water partition coefficient (Wildman–Crippen LogP) is 5.26. The summed E-state index contributed by atoms with van der Waals surface area (Å²) >= 11 is 12.4. The number of aliphatic carboxylic acids is 1. The van der Waals surface area contributed by atoms with Gasteiger partial charge in [0.1, 0.15) is 24.0 Å². The van der Waals surface area contributed by atoms with Crippen LogP contribution in [0.4, 0.5) is 8.78 Å². The van der Waals surface area contributed by atoms with Gasteiger partial charge >= 0.3 is 5.97 Å². The molecule has 0 spiro atoms. The minimum Gasteiger partial charge on any atom is -0.481 e. The summed E-state index contributed by atoms with van der Waals surface area (Å²) in [5.41, 5.74) is 1.01. The molecule has 1 aliphatic heterocycles. The van der Waals surface area contributed by atoms with Gasteiger partial charge in [-0.2, -0.15) is 0 Å². The molecule has 1 unspecified atom stereocenters. The summed E-state index contributed by atoms with van der Waals surface area (Å²) in [6, 6.07) is 7.64. The molecular weight excluding hydrogens is 473 g/mol. The zero-order valence-electron chi connectivity index (χ0n) is 16.4. The van der Waals surface area contributed by atoms with Crippen LogP contribution in [0, 0.1) is 17.6 Å². The van der Waals surface area contributed by atoms with E-state index in [-0.39, 0.29) is 40.7 Å². The SMILES string of the molecule is Cl.O=C(O)C1CCCN(CCON=C(c2ccc(F)cc2Cl)c2ccc(F)cc2Cl)C1. The summed E-state index contributed by atoms with van der Waals surface area (Å²) in [6.45, 7) is 1.95. The van der Waals surface area contributed by atoms with Crippen molar-refractivity contribution >= 4 is 47.3 Å². The number of oxime groups is 1. The monoisotopic (exact) mass is 492 g/mol. The molecule has 0 saturated carbocycles. The van der Waals surface area contributed by atoms with Crippen LogP contribution in [0.25, 0.3) is 0 Å². The van der Waals surface area contributed by atoms with Gasteiger partial charge in [-0.25, -0.2) is 8.78 Å². The third kappa shape index (κ3) is 6.77. The van der Waals surface area contributed by atoms with Gasteiger partial charge in [0.05, 0.1) is 16.0 Å². The fourth-order valence-corrected chi connectivity index (χ4v) is 3.86. The molecule has 1 fully saturated rings. The second kappa shape index (κ2) is 11.6. The number of hydrogen-bond donors (Lipinski definition) is 1. The maximum atomic E-state index is 13.5. The molecule has 168 valence electrons. The van der Waals surface area contributed by atoms with Crippen molar-refractivity contribution in [3.63, 3.8) is 0 Å². The molecule has 0 aliphatic carbocycles. The number of carboxylic acids is 1. The number of benzene rings is 2. The lowest BCUT2D eigenvalue weighted by Crippen LogP contribution is -2.40. The molecule has 10 heteroatoms. The standard InChI is InChI=1S/C21H20Cl2F2N2O3.ClH/c22-18-10-14(24)3-5-16(18)20(17-6-4-15(25)11-19(17)23)26-30-9-8-27-7-1-2-13(12-27)21(28)29;/h3-6,10-11,13H,1-2,7-9,12H2,(H,28,29);1H. The normalized spacial score (nSPS) is 16.3. The molecule has 31 heavy (non-hydrogen) atoms. The minimum absolute atomic E-state index is 0. The van der Waals surface area contributed by atoms with Gasteiger partial charge < -0.3 is 9.94 Å². The van der Waals surface area contributed by atoms with E-state index in [0.29, 0.717) is 30.6 Å². The van der Waals surface area contributed by atoms with Crippen molar-refractivity contribution in [1.82, 2.24) is 4.90 Å². The van der Waals surface area contributed by atoms with Crippen LogP contribution in [0.3, 0.4) is 0 Å². The summed E-state index contributed by atoms with van der Waals surface area (Å²) in [6.07, 6.45) is 1.48. The topological polar surface area (TPSA) is 62.1 Å². The number of hydrogen-bond acceptors (Lipinski definition) is 4. The zero-order valence-corrected chi connectivity index (χ0v) is 18.7. The largest absolute Gasteiger partial charge is 0.481 e. The first kappa shape index (κ1) is 25.3. The number of rotatable bonds is 7. The predicted molar refractivity (Wildman–Crippen MR) is 118 cm³/mol. The first-order valence-corrected chi connectivity index (χ1v) is 10.2. The van der Waals surface area contributed by atoms with Gasteiger partial charge in [0.2, 0.25) is 0 Å². The third-order valence-electron chi connectivity index (χ3n) is 4.88. The van der Waals surface area contributed by atoms with E-state index < -0.39 is 17.6 Å². The molecule has 0 aromatic heterocycles. The Kier molecular flexibility index (Phi) is 9.50. The summed E-state index contributed by atoms with van der Waals surface area (Å²) in [7, 11) is 0. The molecule has 5 nitrogen and oxygen atoms in total. The number of carboxylic acid groups (broad SMARTS) is 1. The van der Waals surface area contributed by atoms with Crippen molar-refractivity contribution in [2.24, 2.45) is 11.1 Å². The van der Waals surface area contributed by atoms with Crippen molar-refractivity contribution < 1.29 is 23.5 Å². The first-order chi connectivity index (χ1) is 14.3. The smallest absolute Gasteiger partial charge is 0.307 e. The maximum absolute atomic E-state index is 13.5. The van der Waals surface area contributed by atoms with E-state index in [1.807, 2.05) is 4.90 Å². The molecule has 2 aromatic carbocycles. The van der Waals surface area contributed by atoms with Gasteiger partial charge in [0.15, 0.2) is 0 Å². The number of likely N-dealkylation sites (tertiary alicyclic amines) is 1. The second-order valence-electron chi connectivity index (χ2n) is 7.00. The maximum Gasteiger partial charge on any atom is 0.307 e. The number of carbonyl (C=O) groups is 1. The molecular formula is C21H21Cl3F2N2O3. The van der Waals surface area contributed by atoms with E-state index >= 15 is 0 Å². The zero-order chi connectivity index (χ0) is 21.7. The Hall–Kier alpha value is -1.93. The van der Waals surface area contributed by atoms with E-state index in [1.54, 1.807) is 0 Å². The molecule has 2 aromatic rings. The molecule has 1 atom stereocenters. The molecule has 3 rings (SSSR count). The number of piperidine rings is 1. The molecule has 1 N–H and O–H groups in total. The second-order valence-corrected chi connectivity index (χ2v) is 7.81. The Balaban J connectivity index is 0.00000341. The van der Waals surface area contributed by atoms with Gasteiger partial charge in [0, 0.05) is 24.2 Å². The van der Waals surface area contributed by atoms with Crippen molar-refractivity contribution in [3.8, 4) is 0 Å². The van der Waals surface area contributed by atoms with Crippen molar-refractivity contribution in [3.05, 3.63) is 69.2 Å². The van der Waals surface area contributed by atoms with Gasteiger partial charge in [0.25, 0.3) is 0 Å². The lowest BCUT2D eigenvalue weighted by atomic mass is 9.98. The van der Waals surface area contributed by atoms with E-state index in [0.717, 1.165) is 25.1 Å². The van der Waals surface area contributed by atoms with Gasteiger partial charge in [-0.3, -0.25) is 9.69 Å². The first-order valence-electron chi connectivity index (χ1n) is 9.41. The van der Waals surface area contributed by atoms with Gasteiger partial charge in [-0.05, 0) is 55.8 Å². The van der Waals surface area contributed by atoms with Crippen molar-refractivity contribution in [2.75, 3.05) is 26.2 Å². The lowest BCUT2D eigenvalue weighted by Gasteiger charge is -2.30. The van der Waals surface area contributed by atoms with E-state index in [9.17, 15) is 18.7 Å². The number of halogens is 5. The summed E-state index contributed by atoms with van der Waals surface area (Å²) in [5, 5.41) is 13.5. The van der Waals surface area contributed by atoms with Crippen molar-refractivity contribution in [2.45, 2.75) is 12.8 Å². The van der Waals surface area contributed by atoms with Crippen LogP contribution in [0.2, 0.25) is 10.0 Å². The van der Waals surface area contributed by atoms with Gasteiger partial charge in [-0.15, -0.1) is 12.4 Å². The molecule has 0 bridgehead atoms. The molecule has 0 radical (unpaired) electrons. The highest BCUT2D eigenvalue weighted by atomic mass is 35.5. The Morgan fingerprint density at radius 3 is 2.23 bits per heavy atom. The highest BCUT2D eigenvalue weighted by molar-refractivity contribution is 6.38. The van der Waals surface area contributed by atoms with Crippen LogP contribution < -0.4 is 0 Å². The average Bonchev–Trinajstić information content (AvgIpc) is 2.70. The van der Waals surface area contributed by atoms with Crippen LogP contribution in [-0.2, 0) is 9.63 Å². The van der Waals surface area contributed by atoms with E-state index in [4.69, 9.17) is 28.0 Å². The Labute approximate surface area is 195 Å². The van der Waals surface area contributed by atoms with E-state index in [1.165, 1.54) is 24.3 Å². The fourth-order valence-electron chi connectivity index (χ4n) is 3.35. The number of nitrogens with zero attached hydrogens (tertiary/aromatic N) is 2. The lowest BCUT2D eigenvalue weighted by molar-refractivity contribution is -0.143. The third-order valence-corrected chi connectivity index (χ3v) is 5.51. The minimum atomic E-state index is -0.794. The van der Waals surface area contributed by atoms with Crippen LogP contribution in [0.15, 0.2) is 41.6 Å². The van der Waals surface area contributed by atoms with E-state index in [2.05, 4.69) is 5.16 Å². The highest BCUT2D eigenvalue weighted by Crippen LogP contribution is 2.26. The fraction of sp³-hybridized carbons (Fsp3) is 0.333. The summed E-state index contributed by atoms with van der Waals surface area (Å²) < 4.78 is 26.9. The van der Waals surface area contributed by atoms with Crippen LogP contribution in [0.5, 0.6) is 0 Å². The van der Waals surface area contributed by atoms with Crippen LogP contribution in [-0.4, -0.2) is 47.9 Å². The molecule has 1 heterocycles. The molecule has 1 saturated heterocycles. The Bertz CT molecular complexity index is 906. The molecule has 0 amide bonds. The Morgan fingerprint density at radius 1 is 1.13 bits per heavy atom. The Morgan fingerprint density at radius 2 is 1.71 bits per heavy atom. The van der Waals surface area contributed by atoms with Crippen LogP contribution >= 0.6 is 35.6 Å². The quantitative estimate of drug-likeness (QED) is 0.325. The molecule has 1 aliphatic rings. The highest BCUT2D eigenvalue weighted by Gasteiger charge is 2.25. The van der Waals surface area contributed by atoms with Crippen LogP contribution in [0.1, 0.15) is 24.0 Å². The average molecular weight is 494 g/mol. The summed E-state index contributed by atoms with van der Waals surface area (Å²) in [5.74, 6) is -2.19. The van der Waals surface area contributed by atoms with Crippen molar-refractivity contribution in [1.29, 1.82) is 0 Å².